The number of likely N-dealkylation sites (tertiary alicyclic amines) is 1. The molecule has 3 rings (SSSR count). The number of ether oxygens (including phenoxy) is 1. The predicted octanol–water partition coefficient (Wildman–Crippen LogP) is 1.79. The van der Waals surface area contributed by atoms with Crippen molar-refractivity contribution in [2.45, 2.75) is 25.3 Å². The van der Waals surface area contributed by atoms with Crippen molar-refractivity contribution in [3.05, 3.63) is 60.1 Å². The molecule has 0 spiro atoms. The minimum absolute atomic E-state index is 0.106. The second-order valence-corrected chi connectivity index (χ2v) is 6.39. The Balaban J connectivity index is 1.63. The first-order chi connectivity index (χ1) is 13.1. The number of carbonyl (C=O) groups is 3. The third-order valence-electron chi connectivity index (χ3n) is 4.41. The summed E-state index contributed by atoms with van der Waals surface area (Å²) in [6, 6.07) is 11.5. The Morgan fingerprint density at radius 3 is 2.48 bits per heavy atom. The van der Waals surface area contributed by atoms with Crippen molar-refractivity contribution in [2.75, 3.05) is 19.7 Å². The van der Waals surface area contributed by atoms with Crippen LogP contribution in [0.3, 0.4) is 0 Å². The maximum atomic E-state index is 12.5. The highest BCUT2D eigenvalue weighted by molar-refractivity contribution is 5.94. The third-order valence-corrected chi connectivity index (χ3v) is 4.41. The molecule has 2 heterocycles. The van der Waals surface area contributed by atoms with E-state index in [1.54, 1.807) is 11.0 Å². The second-order valence-electron chi connectivity index (χ2n) is 6.39. The Morgan fingerprint density at radius 2 is 1.81 bits per heavy atom. The zero-order valence-electron chi connectivity index (χ0n) is 14.9. The van der Waals surface area contributed by atoms with Crippen molar-refractivity contribution in [2.24, 2.45) is 0 Å². The van der Waals surface area contributed by atoms with Gasteiger partial charge in [-0.15, -0.1) is 0 Å². The van der Waals surface area contributed by atoms with Gasteiger partial charge in [-0.3, -0.25) is 9.59 Å². The van der Waals surface area contributed by atoms with E-state index in [1.807, 2.05) is 30.3 Å². The average Bonchev–Trinajstić information content (AvgIpc) is 3.40. The van der Waals surface area contributed by atoms with E-state index >= 15 is 0 Å². The van der Waals surface area contributed by atoms with Gasteiger partial charge in [0, 0.05) is 19.5 Å². The monoisotopic (exact) mass is 370 g/mol. The first-order valence-electron chi connectivity index (χ1n) is 8.96. The molecule has 0 radical (unpaired) electrons. The van der Waals surface area contributed by atoms with Gasteiger partial charge < -0.3 is 19.4 Å². The molecule has 27 heavy (non-hydrogen) atoms. The number of esters is 1. The number of carbonyl (C=O) groups excluding carboxylic acids is 3. The van der Waals surface area contributed by atoms with Gasteiger partial charge in [-0.2, -0.15) is 0 Å². The topological polar surface area (TPSA) is 88.8 Å². The molecule has 1 unspecified atom stereocenters. The third kappa shape index (κ3) is 5.20. The summed E-state index contributed by atoms with van der Waals surface area (Å²) >= 11 is 0. The Bertz CT molecular complexity index is 767. The SMILES string of the molecule is O=C(NC(Cc1ccccc1)C(=O)OCC(=O)N1CCCC1)c1ccco1. The van der Waals surface area contributed by atoms with Gasteiger partial charge in [0.15, 0.2) is 12.4 Å². The van der Waals surface area contributed by atoms with Crippen LogP contribution in [0, 0.1) is 0 Å². The zero-order chi connectivity index (χ0) is 19.1. The number of hydrogen-bond donors (Lipinski definition) is 1. The summed E-state index contributed by atoms with van der Waals surface area (Å²) in [4.78, 5) is 38.6. The first kappa shape index (κ1) is 18.7. The zero-order valence-corrected chi connectivity index (χ0v) is 14.9. The van der Waals surface area contributed by atoms with Crippen molar-refractivity contribution >= 4 is 17.8 Å². The first-order valence-corrected chi connectivity index (χ1v) is 8.96. The smallest absolute Gasteiger partial charge is 0.329 e. The fourth-order valence-electron chi connectivity index (χ4n) is 2.97. The van der Waals surface area contributed by atoms with E-state index < -0.39 is 17.9 Å². The minimum Gasteiger partial charge on any atom is -0.459 e. The summed E-state index contributed by atoms with van der Waals surface area (Å²) in [6.07, 6.45) is 3.57. The maximum Gasteiger partial charge on any atom is 0.329 e. The molecule has 1 fully saturated rings. The Kier molecular flexibility index (Phi) is 6.25. The fraction of sp³-hybridized carbons (Fsp3) is 0.350. The highest BCUT2D eigenvalue weighted by atomic mass is 16.5. The molecule has 1 aliphatic heterocycles. The summed E-state index contributed by atoms with van der Waals surface area (Å²) in [5, 5.41) is 2.63. The van der Waals surface area contributed by atoms with E-state index in [4.69, 9.17) is 9.15 Å². The molecule has 0 aliphatic carbocycles. The lowest BCUT2D eigenvalue weighted by atomic mass is 10.1. The summed E-state index contributed by atoms with van der Waals surface area (Å²) in [6.45, 7) is 1.07. The number of amides is 2. The van der Waals surface area contributed by atoms with Crippen molar-refractivity contribution in [3.63, 3.8) is 0 Å². The Labute approximate surface area is 157 Å². The molecule has 1 aliphatic rings. The van der Waals surface area contributed by atoms with Gasteiger partial charge in [-0.25, -0.2) is 4.79 Å². The molecule has 1 atom stereocenters. The summed E-state index contributed by atoms with van der Waals surface area (Å²) in [7, 11) is 0. The molecule has 0 saturated carbocycles. The molecular formula is C20H22N2O5. The van der Waals surface area contributed by atoms with Gasteiger partial charge >= 0.3 is 5.97 Å². The van der Waals surface area contributed by atoms with E-state index in [-0.39, 0.29) is 24.7 Å². The number of nitrogens with zero attached hydrogens (tertiary/aromatic N) is 1. The molecule has 1 N–H and O–H groups in total. The molecule has 0 bridgehead atoms. The van der Waals surface area contributed by atoms with Gasteiger partial charge in [0.25, 0.3) is 11.8 Å². The van der Waals surface area contributed by atoms with Gasteiger partial charge in [-0.1, -0.05) is 30.3 Å². The van der Waals surface area contributed by atoms with Crippen LogP contribution < -0.4 is 5.32 Å². The van der Waals surface area contributed by atoms with E-state index in [2.05, 4.69) is 5.32 Å². The standard InChI is InChI=1S/C20H22N2O5/c23-18(22-10-4-5-11-22)14-27-20(25)16(13-15-7-2-1-3-8-15)21-19(24)17-9-6-12-26-17/h1-3,6-9,12,16H,4-5,10-11,13-14H2,(H,21,24). The van der Waals surface area contributed by atoms with Crippen LogP contribution in [-0.2, 0) is 20.7 Å². The second kappa shape index (κ2) is 9.02. The highest BCUT2D eigenvalue weighted by Gasteiger charge is 2.26. The Hall–Kier alpha value is -3.09. The number of hydrogen-bond acceptors (Lipinski definition) is 5. The predicted molar refractivity (Wildman–Crippen MR) is 96.9 cm³/mol. The average molecular weight is 370 g/mol. The van der Waals surface area contributed by atoms with Crippen LogP contribution >= 0.6 is 0 Å². The molecule has 7 heteroatoms. The lowest BCUT2D eigenvalue weighted by Crippen LogP contribution is -2.44. The van der Waals surface area contributed by atoms with Crippen molar-refractivity contribution < 1.29 is 23.5 Å². The lowest BCUT2D eigenvalue weighted by Gasteiger charge is -2.19. The quantitative estimate of drug-likeness (QED) is 0.751. The van der Waals surface area contributed by atoms with Crippen LogP contribution in [0.1, 0.15) is 29.0 Å². The molecular weight excluding hydrogens is 348 g/mol. The normalized spacial score (nSPS) is 14.6. The highest BCUT2D eigenvalue weighted by Crippen LogP contribution is 2.09. The van der Waals surface area contributed by atoms with Crippen LogP contribution in [0.25, 0.3) is 0 Å². The molecule has 7 nitrogen and oxygen atoms in total. The van der Waals surface area contributed by atoms with Gasteiger partial charge in [0.05, 0.1) is 6.26 Å². The summed E-state index contributed by atoms with van der Waals surface area (Å²) < 4.78 is 10.3. The maximum absolute atomic E-state index is 12.5. The van der Waals surface area contributed by atoms with Crippen molar-refractivity contribution in [3.8, 4) is 0 Å². The molecule has 1 saturated heterocycles. The molecule has 2 aromatic rings. The van der Waals surface area contributed by atoms with E-state index in [1.165, 1.54) is 12.3 Å². The fourth-order valence-corrected chi connectivity index (χ4v) is 2.97. The molecule has 1 aromatic carbocycles. The van der Waals surface area contributed by atoms with Gasteiger partial charge in [0.1, 0.15) is 6.04 Å². The van der Waals surface area contributed by atoms with Crippen LogP contribution in [0.5, 0.6) is 0 Å². The van der Waals surface area contributed by atoms with Crippen LogP contribution in [-0.4, -0.2) is 48.4 Å². The summed E-state index contributed by atoms with van der Waals surface area (Å²) in [5.74, 6) is -1.26. The molecule has 142 valence electrons. The number of rotatable bonds is 7. The molecule has 2 amide bonds. The lowest BCUT2D eigenvalue weighted by molar-refractivity contribution is -0.153. The van der Waals surface area contributed by atoms with E-state index in [0.29, 0.717) is 13.1 Å². The van der Waals surface area contributed by atoms with Crippen LogP contribution in [0.2, 0.25) is 0 Å². The van der Waals surface area contributed by atoms with Crippen molar-refractivity contribution in [1.82, 2.24) is 10.2 Å². The van der Waals surface area contributed by atoms with E-state index in [0.717, 1.165) is 18.4 Å². The largest absolute Gasteiger partial charge is 0.459 e. The number of benzene rings is 1. The Morgan fingerprint density at radius 1 is 1.07 bits per heavy atom. The van der Waals surface area contributed by atoms with Crippen molar-refractivity contribution in [1.29, 1.82) is 0 Å². The number of nitrogens with one attached hydrogen (secondary N) is 1. The van der Waals surface area contributed by atoms with Gasteiger partial charge in [-0.05, 0) is 30.5 Å². The minimum atomic E-state index is -0.920. The summed E-state index contributed by atoms with van der Waals surface area (Å²) in [5.41, 5.74) is 0.866. The van der Waals surface area contributed by atoms with Gasteiger partial charge in [0.2, 0.25) is 0 Å². The van der Waals surface area contributed by atoms with Crippen LogP contribution in [0.4, 0.5) is 0 Å². The van der Waals surface area contributed by atoms with E-state index in [9.17, 15) is 14.4 Å². The van der Waals surface area contributed by atoms with Crippen LogP contribution in [0.15, 0.2) is 53.1 Å². The molecule has 1 aromatic heterocycles. The number of furan rings is 1.